The molecule has 1 heterocycles. The molecule has 138 valence electrons. The Bertz CT molecular complexity index is 615. The number of halogens is 1. The van der Waals surface area contributed by atoms with Crippen molar-refractivity contribution in [1.82, 2.24) is 10.2 Å². The molecule has 1 saturated heterocycles. The standard InChI is InChI=1S/C20H29FN2O2/c1-13(2)8-9-22-19(24)18-12-23(20(25)14(3)4)11-17(18)15-6-5-7-16(21)10-15/h5-7,10,13-14,17-18H,8-9,11-12H2,1-4H3,(H,22,24). The molecular weight excluding hydrogens is 319 g/mol. The number of carbonyl (C=O) groups is 2. The average molecular weight is 348 g/mol. The van der Waals surface area contributed by atoms with Gasteiger partial charge in [-0.2, -0.15) is 0 Å². The lowest BCUT2D eigenvalue weighted by molar-refractivity contribution is -0.133. The van der Waals surface area contributed by atoms with E-state index in [1.807, 2.05) is 19.9 Å². The molecule has 2 rings (SSSR count). The van der Waals surface area contributed by atoms with E-state index in [0.717, 1.165) is 12.0 Å². The van der Waals surface area contributed by atoms with E-state index in [4.69, 9.17) is 0 Å². The number of likely N-dealkylation sites (tertiary alicyclic amines) is 1. The largest absolute Gasteiger partial charge is 0.356 e. The number of rotatable bonds is 6. The van der Waals surface area contributed by atoms with Crippen molar-refractivity contribution in [3.05, 3.63) is 35.6 Å². The van der Waals surface area contributed by atoms with Gasteiger partial charge in [0.1, 0.15) is 5.82 Å². The quantitative estimate of drug-likeness (QED) is 0.858. The Hall–Kier alpha value is -1.91. The molecule has 1 aliphatic heterocycles. The Morgan fingerprint density at radius 2 is 1.96 bits per heavy atom. The molecule has 1 aliphatic rings. The number of amides is 2. The van der Waals surface area contributed by atoms with Crippen LogP contribution < -0.4 is 5.32 Å². The van der Waals surface area contributed by atoms with Crippen molar-refractivity contribution >= 4 is 11.8 Å². The Balaban J connectivity index is 2.17. The third-order valence-corrected chi connectivity index (χ3v) is 4.76. The number of nitrogens with zero attached hydrogens (tertiary/aromatic N) is 1. The molecule has 0 saturated carbocycles. The summed E-state index contributed by atoms with van der Waals surface area (Å²) in [7, 11) is 0. The summed E-state index contributed by atoms with van der Waals surface area (Å²) in [5.74, 6) is -0.426. The monoisotopic (exact) mass is 348 g/mol. The smallest absolute Gasteiger partial charge is 0.225 e. The number of hydrogen-bond donors (Lipinski definition) is 1. The van der Waals surface area contributed by atoms with E-state index in [-0.39, 0.29) is 35.4 Å². The van der Waals surface area contributed by atoms with Crippen molar-refractivity contribution < 1.29 is 14.0 Å². The van der Waals surface area contributed by atoms with Gasteiger partial charge in [0.25, 0.3) is 0 Å². The maximum absolute atomic E-state index is 13.6. The third-order valence-electron chi connectivity index (χ3n) is 4.76. The topological polar surface area (TPSA) is 49.4 Å². The van der Waals surface area contributed by atoms with Crippen molar-refractivity contribution in [3.63, 3.8) is 0 Å². The van der Waals surface area contributed by atoms with E-state index in [0.29, 0.717) is 25.6 Å². The Kier molecular flexibility index (Phi) is 6.57. The van der Waals surface area contributed by atoms with Crippen molar-refractivity contribution in [2.45, 2.75) is 40.0 Å². The minimum atomic E-state index is -0.336. The van der Waals surface area contributed by atoms with Gasteiger partial charge >= 0.3 is 0 Å². The van der Waals surface area contributed by atoms with Gasteiger partial charge in [-0.1, -0.05) is 39.8 Å². The van der Waals surface area contributed by atoms with Crippen LogP contribution in [0.1, 0.15) is 45.6 Å². The SMILES string of the molecule is CC(C)CCNC(=O)C1CN(C(=O)C(C)C)CC1c1cccc(F)c1. The van der Waals surface area contributed by atoms with Gasteiger partial charge < -0.3 is 10.2 Å². The predicted molar refractivity (Wildman–Crippen MR) is 96.5 cm³/mol. The molecular formula is C20H29FN2O2. The molecule has 1 N–H and O–H groups in total. The van der Waals surface area contributed by atoms with Crippen LogP contribution in [0.2, 0.25) is 0 Å². The van der Waals surface area contributed by atoms with Crippen LogP contribution in [0.15, 0.2) is 24.3 Å². The number of hydrogen-bond acceptors (Lipinski definition) is 2. The van der Waals surface area contributed by atoms with Gasteiger partial charge in [-0.05, 0) is 30.0 Å². The van der Waals surface area contributed by atoms with Crippen LogP contribution in [0.3, 0.4) is 0 Å². The lowest BCUT2D eigenvalue weighted by Crippen LogP contribution is -2.37. The highest BCUT2D eigenvalue weighted by Crippen LogP contribution is 2.34. The molecule has 5 heteroatoms. The summed E-state index contributed by atoms with van der Waals surface area (Å²) in [6, 6.07) is 6.37. The van der Waals surface area contributed by atoms with Crippen LogP contribution in [0.25, 0.3) is 0 Å². The van der Waals surface area contributed by atoms with Gasteiger partial charge in [0.2, 0.25) is 11.8 Å². The van der Waals surface area contributed by atoms with Gasteiger partial charge in [0.05, 0.1) is 5.92 Å². The highest BCUT2D eigenvalue weighted by Gasteiger charge is 2.40. The zero-order valence-electron chi connectivity index (χ0n) is 15.6. The second kappa shape index (κ2) is 8.45. The van der Waals surface area contributed by atoms with Gasteiger partial charge in [-0.3, -0.25) is 9.59 Å². The highest BCUT2D eigenvalue weighted by molar-refractivity contribution is 5.84. The second-order valence-electron chi connectivity index (χ2n) is 7.64. The summed E-state index contributed by atoms with van der Waals surface area (Å²) in [5.41, 5.74) is 0.781. The van der Waals surface area contributed by atoms with E-state index in [1.54, 1.807) is 11.0 Å². The molecule has 1 fully saturated rings. The van der Waals surface area contributed by atoms with Gasteiger partial charge in [0.15, 0.2) is 0 Å². The number of benzene rings is 1. The van der Waals surface area contributed by atoms with E-state index in [2.05, 4.69) is 19.2 Å². The molecule has 0 spiro atoms. The fraction of sp³-hybridized carbons (Fsp3) is 0.600. The Morgan fingerprint density at radius 1 is 1.24 bits per heavy atom. The maximum Gasteiger partial charge on any atom is 0.225 e. The van der Waals surface area contributed by atoms with Gasteiger partial charge in [0, 0.05) is 31.5 Å². The van der Waals surface area contributed by atoms with Crippen LogP contribution in [0.5, 0.6) is 0 Å². The molecule has 1 aromatic rings. The molecule has 2 atom stereocenters. The van der Waals surface area contributed by atoms with Crippen LogP contribution in [0.4, 0.5) is 4.39 Å². The normalized spacial score (nSPS) is 20.4. The molecule has 0 aromatic heterocycles. The van der Waals surface area contributed by atoms with Crippen molar-refractivity contribution in [3.8, 4) is 0 Å². The Morgan fingerprint density at radius 3 is 2.56 bits per heavy atom. The maximum atomic E-state index is 13.6. The summed E-state index contributed by atoms with van der Waals surface area (Å²) in [6.45, 7) is 9.42. The molecule has 2 amide bonds. The van der Waals surface area contributed by atoms with Gasteiger partial charge in [-0.15, -0.1) is 0 Å². The first-order valence-corrected chi connectivity index (χ1v) is 9.11. The van der Waals surface area contributed by atoms with Crippen molar-refractivity contribution in [2.75, 3.05) is 19.6 Å². The number of nitrogens with one attached hydrogen (secondary N) is 1. The van der Waals surface area contributed by atoms with Crippen LogP contribution in [0, 0.1) is 23.6 Å². The fourth-order valence-electron chi connectivity index (χ4n) is 3.30. The summed E-state index contributed by atoms with van der Waals surface area (Å²) in [6.07, 6.45) is 0.914. The van der Waals surface area contributed by atoms with E-state index in [1.165, 1.54) is 12.1 Å². The zero-order chi connectivity index (χ0) is 18.6. The molecule has 0 aliphatic carbocycles. The lowest BCUT2D eigenvalue weighted by atomic mass is 9.88. The molecule has 0 bridgehead atoms. The zero-order valence-corrected chi connectivity index (χ0v) is 15.6. The minimum absolute atomic E-state index is 0.0406. The third kappa shape index (κ3) is 5.03. The first kappa shape index (κ1) is 19.4. The second-order valence-corrected chi connectivity index (χ2v) is 7.64. The predicted octanol–water partition coefficient (Wildman–Crippen LogP) is 3.19. The summed E-state index contributed by atoms with van der Waals surface area (Å²) in [5, 5.41) is 2.99. The molecule has 25 heavy (non-hydrogen) atoms. The Labute approximate surface area is 149 Å². The van der Waals surface area contributed by atoms with Crippen LogP contribution in [-0.4, -0.2) is 36.3 Å². The number of carbonyl (C=O) groups excluding carboxylic acids is 2. The lowest BCUT2D eigenvalue weighted by Gasteiger charge is -2.18. The van der Waals surface area contributed by atoms with Crippen LogP contribution >= 0.6 is 0 Å². The molecule has 2 unspecified atom stereocenters. The van der Waals surface area contributed by atoms with Crippen LogP contribution in [-0.2, 0) is 9.59 Å². The van der Waals surface area contributed by atoms with E-state index >= 15 is 0 Å². The van der Waals surface area contributed by atoms with Crippen molar-refractivity contribution in [2.24, 2.45) is 17.8 Å². The first-order chi connectivity index (χ1) is 11.8. The minimum Gasteiger partial charge on any atom is -0.356 e. The summed E-state index contributed by atoms with van der Waals surface area (Å²) < 4.78 is 13.6. The van der Waals surface area contributed by atoms with E-state index in [9.17, 15) is 14.0 Å². The molecule has 0 radical (unpaired) electrons. The van der Waals surface area contributed by atoms with Crippen molar-refractivity contribution in [1.29, 1.82) is 0 Å². The first-order valence-electron chi connectivity index (χ1n) is 9.11. The highest BCUT2D eigenvalue weighted by atomic mass is 19.1. The van der Waals surface area contributed by atoms with E-state index < -0.39 is 0 Å². The molecule has 4 nitrogen and oxygen atoms in total. The fourth-order valence-corrected chi connectivity index (χ4v) is 3.30. The summed E-state index contributed by atoms with van der Waals surface area (Å²) >= 11 is 0. The van der Waals surface area contributed by atoms with Gasteiger partial charge in [-0.25, -0.2) is 4.39 Å². The summed E-state index contributed by atoms with van der Waals surface area (Å²) in [4.78, 5) is 26.8. The molecule has 1 aromatic carbocycles. The average Bonchev–Trinajstić information content (AvgIpc) is 2.98.